The SMILES string of the molecule is Cc1c(C)c(S(=O)(=O)NC(=N)NCCCC(N)C(=O)c2nc3ccccc3s2)c(C)c2c1OC(C)(C)C2.Cl. The monoisotopic (exact) mass is 579 g/mol. The van der Waals surface area contributed by atoms with Gasteiger partial charge >= 0.3 is 0 Å². The summed E-state index contributed by atoms with van der Waals surface area (Å²) in [6.45, 7) is 9.64. The molecule has 12 heteroatoms. The molecule has 3 aromatic rings. The van der Waals surface area contributed by atoms with Crippen LogP contribution in [-0.4, -0.2) is 43.3 Å². The van der Waals surface area contributed by atoms with Gasteiger partial charge in [-0.2, -0.15) is 0 Å². The number of fused-ring (bicyclic) bond motifs is 2. The number of hydrogen-bond donors (Lipinski definition) is 4. The molecule has 0 saturated carbocycles. The molecular formula is C26H34ClN5O4S2. The molecule has 1 unspecified atom stereocenters. The summed E-state index contributed by atoms with van der Waals surface area (Å²) in [6.07, 6.45) is 1.47. The second-order valence-electron chi connectivity index (χ2n) is 10.1. The standard InChI is InChI=1S/C26H33N5O4S2.ClH/c1-14-15(2)23(16(3)17-13-26(4,5)35-22(14)17)37(33,34)31-25(28)29-12-8-9-18(27)21(32)24-30-19-10-6-7-11-20(19)36-24;/h6-7,10-11,18H,8-9,12-13,27H2,1-5H3,(H3,28,29,31);1H. The summed E-state index contributed by atoms with van der Waals surface area (Å²) in [6, 6.07) is 6.81. The zero-order valence-corrected chi connectivity index (χ0v) is 24.5. The Labute approximate surface area is 233 Å². The van der Waals surface area contributed by atoms with Gasteiger partial charge in [0.15, 0.2) is 5.01 Å². The quantitative estimate of drug-likeness (QED) is 0.136. The number of ketones is 1. The number of para-hydroxylation sites is 1. The number of sulfonamides is 1. The number of halogens is 1. The highest BCUT2D eigenvalue weighted by molar-refractivity contribution is 7.90. The molecule has 0 aliphatic carbocycles. The van der Waals surface area contributed by atoms with Gasteiger partial charge in [-0.1, -0.05) is 12.1 Å². The molecule has 1 aromatic heterocycles. The first-order valence-corrected chi connectivity index (χ1v) is 14.4. The normalized spacial score (nSPS) is 14.8. The second kappa shape index (κ2) is 11.2. The molecule has 1 aliphatic heterocycles. The summed E-state index contributed by atoms with van der Waals surface area (Å²) in [5, 5.41) is 11.3. The van der Waals surface area contributed by atoms with E-state index in [1.165, 1.54) is 11.3 Å². The van der Waals surface area contributed by atoms with Crippen LogP contribution < -0.4 is 20.5 Å². The van der Waals surface area contributed by atoms with Crippen LogP contribution in [0.1, 0.15) is 58.7 Å². The Balaban J connectivity index is 0.00000400. The van der Waals surface area contributed by atoms with Crippen LogP contribution in [0, 0.1) is 26.2 Å². The number of nitrogens with zero attached hydrogens (tertiary/aromatic N) is 1. The summed E-state index contributed by atoms with van der Waals surface area (Å²) in [7, 11) is -4.00. The summed E-state index contributed by atoms with van der Waals surface area (Å²) < 4.78 is 35.9. The van der Waals surface area contributed by atoms with E-state index >= 15 is 0 Å². The molecule has 2 aromatic carbocycles. The average molecular weight is 580 g/mol. The maximum Gasteiger partial charge on any atom is 0.264 e. The van der Waals surface area contributed by atoms with Crippen molar-refractivity contribution in [3.63, 3.8) is 0 Å². The van der Waals surface area contributed by atoms with Gasteiger partial charge in [-0.15, -0.1) is 23.7 Å². The topological polar surface area (TPSA) is 147 Å². The van der Waals surface area contributed by atoms with Crippen molar-refractivity contribution >= 4 is 55.7 Å². The van der Waals surface area contributed by atoms with Crippen molar-refractivity contribution in [3.8, 4) is 5.75 Å². The van der Waals surface area contributed by atoms with E-state index in [1.54, 1.807) is 13.8 Å². The molecule has 0 bridgehead atoms. The third-order valence-electron chi connectivity index (χ3n) is 6.63. The molecular weight excluding hydrogens is 546 g/mol. The van der Waals surface area contributed by atoms with Gasteiger partial charge in [0, 0.05) is 18.5 Å². The lowest BCUT2D eigenvalue weighted by Gasteiger charge is -2.19. The Morgan fingerprint density at radius 1 is 1.21 bits per heavy atom. The molecule has 206 valence electrons. The first-order valence-electron chi connectivity index (χ1n) is 12.1. The Morgan fingerprint density at radius 2 is 1.89 bits per heavy atom. The first-order chi connectivity index (χ1) is 17.3. The van der Waals surface area contributed by atoms with Gasteiger partial charge in [0.05, 0.1) is 21.2 Å². The number of guanidine groups is 1. The smallest absolute Gasteiger partial charge is 0.264 e. The fraction of sp³-hybridized carbons (Fsp3) is 0.423. The Bertz CT molecular complexity index is 1470. The van der Waals surface area contributed by atoms with Crippen molar-refractivity contribution in [2.75, 3.05) is 6.54 Å². The molecule has 0 fully saturated rings. The number of thiazole rings is 1. The number of carbonyl (C=O) groups excluding carboxylic acids is 1. The predicted octanol–water partition coefficient (Wildman–Crippen LogP) is 4.15. The highest BCUT2D eigenvalue weighted by Gasteiger charge is 2.36. The number of Topliss-reactive ketones (excluding diaryl/α,β-unsaturated/α-hetero) is 1. The van der Waals surface area contributed by atoms with E-state index in [2.05, 4.69) is 15.0 Å². The maximum absolute atomic E-state index is 13.3. The molecule has 0 amide bonds. The minimum Gasteiger partial charge on any atom is -0.487 e. The van der Waals surface area contributed by atoms with Crippen LogP contribution in [0.5, 0.6) is 5.75 Å². The first kappa shape index (κ1) is 29.8. The zero-order valence-electron chi connectivity index (χ0n) is 22.1. The van der Waals surface area contributed by atoms with Crippen molar-refractivity contribution in [3.05, 3.63) is 51.5 Å². The summed E-state index contributed by atoms with van der Waals surface area (Å²) in [4.78, 5) is 17.2. The van der Waals surface area contributed by atoms with Gasteiger partial charge in [-0.25, -0.2) is 18.1 Å². The lowest BCUT2D eigenvalue weighted by molar-refractivity contribution is 0.0956. The number of nitrogens with two attached hydrogens (primary N) is 1. The van der Waals surface area contributed by atoms with Crippen molar-refractivity contribution < 1.29 is 17.9 Å². The molecule has 0 saturated heterocycles. The molecule has 1 atom stereocenters. The fourth-order valence-corrected chi connectivity index (χ4v) is 7.17. The lowest BCUT2D eigenvalue weighted by Crippen LogP contribution is -2.41. The van der Waals surface area contributed by atoms with Crippen LogP contribution in [-0.2, 0) is 16.4 Å². The van der Waals surface area contributed by atoms with Crippen LogP contribution in [0.25, 0.3) is 10.2 Å². The molecule has 5 N–H and O–H groups in total. The second-order valence-corrected chi connectivity index (χ2v) is 12.7. The average Bonchev–Trinajstić information content (AvgIpc) is 3.40. The summed E-state index contributed by atoms with van der Waals surface area (Å²) in [5.41, 5.74) is 9.39. The van der Waals surface area contributed by atoms with E-state index in [0.717, 1.165) is 27.1 Å². The van der Waals surface area contributed by atoms with Crippen LogP contribution >= 0.6 is 23.7 Å². The molecule has 4 rings (SSSR count). The van der Waals surface area contributed by atoms with Crippen molar-refractivity contribution in [1.29, 1.82) is 5.41 Å². The molecule has 0 radical (unpaired) electrons. The number of aromatic nitrogens is 1. The van der Waals surface area contributed by atoms with Crippen LogP contribution in [0.2, 0.25) is 0 Å². The molecule has 9 nitrogen and oxygen atoms in total. The van der Waals surface area contributed by atoms with Crippen LogP contribution in [0.4, 0.5) is 0 Å². The van der Waals surface area contributed by atoms with Crippen molar-refractivity contribution in [1.82, 2.24) is 15.0 Å². The van der Waals surface area contributed by atoms with E-state index in [4.69, 9.17) is 15.9 Å². The molecule has 1 aliphatic rings. The lowest BCUT2D eigenvalue weighted by atomic mass is 9.94. The highest BCUT2D eigenvalue weighted by Crippen LogP contribution is 2.43. The van der Waals surface area contributed by atoms with Crippen molar-refractivity contribution in [2.24, 2.45) is 5.73 Å². The Hall–Kier alpha value is -2.73. The van der Waals surface area contributed by atoms with Crippen LogP contribution in [0.3, 0.4) is 0 Å². The Kier molecular flexibility index (Phi) is 8.77. The van der Waals surface area contributed by atoms with Gasteiger partial charge < -0.3 is 15.8 Å². The third kappa shape index (κ3) is 5.96. The molecule has 0 spiro atoms. The largest absolute Gasteiger partial charge is 0.487 e. The number of nitrogens with one attached hydrogen (secondary N) is 3. The van der Waals surface area contributed by atoms with E-state index in [-0.39, 0.29) is 35.6 Å². The third-order valence-corrected chi connectivity index (χ3v) is 9.31. The number of ether oxygens (including phenoxy) is 1. The number of rotatable bonds is 8. The maximum atomic E-state index is 13.3. The minimum atomic E-state index is -4.00. The van der Waals surface area contributed by atoms with Gasteiger partial charge in [-0.3, -0.25) is 10.2 Å². The van der Waals surface area contributed by atoms with Gasteiger partial charge in [-0.05, 0) is 76.3 Å². The summed E-state index contributed by atoms with van der Waals surface area (Å²) >= 11 is 1.32. The highest BCUT2D eigenvalue weighted by atomic mass is 35.5. The molecule has 38 heavy (non-hydrogen) atoms. The van der Waals surface area contributed by atoms with Gasteiger partial charge in [0.25, 0.3) is 10.0 Å². The van der Waals surface area contributed by atoms with E-state index < -0.39 is 21.7 Å². The van der Waals surface area contributed by atoms with Crippen molar-refractivity contribution in [2.45, 2.75) is 70.4 Å². The predicted molar refractivity (Wildman–Crippen MR) is 154 cm³/mol. The van der Waals surface area contributed by atoms with Crippen LogP contribution in [0.15, 0.2) is 29.2 Å². The number of benzene rings is 2. The molecule has 2 heterocycles. The fourth-order valence-electron chi connectivity index (χ4n) is 4.67. The van der Waals surface area contributed by atoms with E-state index in [9.17, 15) is 13.2 Å². The minimum absolute atomic E-state index is 0. The van der Waals surface area contributed by atoms with E-state index in [0.29, 0.717) is 35.4 Å². The number of hydrogen-bond acceptors (Lipinski definition) is 8. The summed E-state index contributed by atoms with van der Waals surface area (Å²) in [5.74, 6) is 0.200. The van der Waals surface area contributed by atoms with Gasteiger partial charge in [0.2, 0.25) is 11.7 Å². The van der Waals surface area contributed by atoms with E-state index in [1.807, 2.05) is 45.0 Å². The Morgan fingerprint density at radius 3 is 2.58 bits per heavy atom. The number of carbonyl (C=O) groups is 1. The van der Waals surface area contributed by atoms with Gasteiger partial charge in [0.1, 0.15) is 11.4 Å². The zero-order chi connectivity index (χ0) is 27.1.